The molecule has 0 aliphatic rings. The minimum Gasteiger partial charge on any atom is -0.449 e. The lowest BCUT2D eigenvalue weighted by molar-refractivity contribution is -0.384. The molecule has 154 valence electrons. The number of hydrogen-bond donors (Lipinski definition) is 1. The van der Waals surface area contributed by atoms with Crippen LogP contribution in [0.4, 0.5) is 17.1 Å². The van der Waals surface area contributed by atoms with Crippen LogP contribution in [0.2, 0.25) is 0 Å². The van der Waals surface area contributed by atoms with Crippen LogP contribution in [0.25, 0.3) is 0 Å². The van der Waals surface area contributed by atoms with Gasteiger partial charge in [-0.3, -0.25) is 14.9 Å². The zero-order valence-electron chi connectivity index (χ0n) is 17.1. The van der Waals surface area contributed by atoms with Gasteiger partial charge in [0.1, 0.15) is 5.69 Å². The molecule has 2 aromatic carbocycles. The maximum atomic E-state index is 12.5. The molecule has 0 unspecified atom stereocenters. The molecule has 8 nitrogen and oxygen atoms in total. The predicted octanol–water partition coefficient (Wildman–Crippen LogP) is 3.97. The molecule has 0 aliphatic carbocycles. The summed E-state index contributed by atoms with van der Waals surface area (Å²) in [6, 6.07) is 11.5. The fraction of sp³-hybridized carbons (Fsp3) is 0.333. The molecule has 0 aliphatic heterocycles. The van der Waals surface area contributed by atoms with E-state index in [1.807, 2.05) is 32.0 Å². The third kappa shape index (κ3) is 5.31. The quantitative estimate of drug-likeness (QED) is 0.429. The summed E-state index contributed by atoms with van der Waals surface area (Å²) in [6.45, 7) is 5.48. The number of nitro benzene ring substituents is 1. The van der Waals surface area contributed by atoms with Crippen LogP contribution >= 0.6 is 0 Å². The summed E-state index contributed by atoms with van der Waals surface area (Å²) in [4.78, 5) is 37.2. The molecule has 0 radical (unpaired) electrons. The molecule has 29 heavy (non-hydrogen) atoms. The molecular weight excluding hydrogens is 374 g/mol. The number of para-hydroxylation sites is 1. The summed E-state index contributed by atoms with van der Waals surface area (Å²) in [5.74, 6) is -1.08. The fourth-order valence-corrected chi connectivity index (χ4v) is 2.81. The number of nitro groups is 1. The lowest BCUT2D eigenvalue weighted by Gasteiger charge is -2.17. The lowest BCUT2D eigenvalue weighted by Crippen LogP contribution is -2.30. The molecule has 8 heteroatoms. The summed E-state index contributed by atoms with van der Waals surface area (Å²) in [5, 5.41) is 14.1. The minimum atomic E-state index is -1.07. The molecule has 1 N–H and O–H groups in total. The van der Waals surface area contributed by atoms with E-state index >= 15 is 0 Å². The predicted molar refractivity (Wildman–Crippen MR) is 111 cm³/mol. The second-order valence-corrected chi connectivity index (χ2v) is 7.13. The SMILES string of the molecule is CC(C)c1ccccc1NC(=O)[C@H](C)OC(=O)c1ccc(N(C)C)c([N+](=O)[O-])c1. The van der Waals surface area contributed by atoms with Crippen LogP contribution in [0.5, 0.6) is 0 Å². The first-order valence-electron chi connectivity index (χ1n) is 9.18. The number of amides is 1. The van der Waals surface area contributed by atoms with E-state index < -0.39 is 22.9 Å². The standard InChI is InChI=1S/C21H25N3O5/c1-13(2)16-8-6-7-9-17(16)22-20(25)14(3)29-21(26)15-10-11-18(23(4)5)19(12-15)24(27)28/h6-14H,1-5H3,(H,22,25)/t14-/m0/s1. The van der Waals surface area contributed by atoms with Gasteiger partial charge in [-0.15, -0.1) is 0 Å². The van der Waals surface area contributed by atoms with Crippen LogP contribution in [0.3, 0.4) is 0 Å². The van der Waals surface area contributed by atoms with Gasteiger partial charge in [-0.1, -0.05) is 32.0 Å². The van der Waals surface area contributed by atoms with Crippen molar-refractivity contribution in [3.8, 4) is 0 Å². The van der Waals surface area contributed by atoms with Crippen LogP contribution in [0.1, 0.15) is 42.6 Å². The Morgan fingerprint density at radius 1 is 1.10 bits per heavy atom. The number of hydrogen-bond acceptors (Lipinski definition) is 6. The Kier molecular flexibility index (Phi) is 6.93. The maximum absolute atomic E-state index is 12.5. The van der Waals surface area contributed by atoms with Gasteiger partial charge < -0.3 is 15.0 Å². The van der Waals surface area contributed by atoms with Crippen molar-refractivity contribution in [2.45, 2.75) is 32.8 Å². The van der Waals surface area contributed by atoms with Crippen LogP contribution in [0, 0.1) is 10.1 Å². The Bertz CT molecular complexity index is 924. The number of carbonyl (C=O) groups is 2. The number of carbonyl (C=O) groups excluding carboxylic acids is 2. The van der Waals surface area contributed by atoms with E-state index in [4.69, 9.17) is 4.74 Å². The zero-order valence-corrected chi connectivity index (χ0v) is 17.1. The first kappa shape index (κ1) is 21.9. The highest BCUT2D eigenvalue weighted by Crippen LogP contribution is 2.28. The lowest BCUT2D eigenvalue weighted by atomic mass is 10.0. The van der Waals surface area contributed by atoms with E-state index in [2.05, 4.69) is 5.32 Å². The molecule has 0 heterocycles. The third-order valence-electron chi connectivity index (χ3n) is 4.38. The number of anilines is 2. The molecular formula is C21H25N3O5. The van der Waals surface area contributed by atoms with Gasteiger partial charge in [0.15, 0.2) is 6.10 Å². The highest BCUT2D eigenvalue weighted by atomic mass is 16.6. The smallest absolute Gasteiger partial charge is 0.339 e. The van der Waals surface area contributed by atoms with Crippen molar-refractivity contribution < 1.29 is 19.2 Å². The number of rotatable bonds is 7. The third-order valence-corrected chi connectivity index (χ3v) is 4.38. The molecule has 2 aromatic rings. The second-order valence-electron chi connectivity index (χ2n) is 7.13. The topological polar surface area (TPSA) is 102 Å². The van der Waals surface area contributed by atoms with Gasteiger partial charge in [0, 0.05) is 25.8 Å². The Hall–Kier alpha value is -3.42. The summed E-state index contributed by atoms with van der Waals surface area (Å²) in [5.41, 5.74) is 1.77. The van der Waals surface area contributed by atoms with Crippen molar-refractivity contribution in [3.63, 3.8) is 0 Å². The maximum Gasteiger partial charge on any atom is 0.339 e. The average molecular weight is 399 g/mol. The van der Waals surface area contributed by atoms with Gasteiger partial charge in [0.2, 0.25) is 0 Å². The zero-order chi connectivity index (χ0) is 21.7. The Balaban J connectivity index is 2.14. The Labute approximate surface area is 169 Å². The summed E-state index contributed by atoms with van der Waals surface area (Å²) >= 11 is 0. The van der Waals surface area contributed by atoms with Gasteiger partial charge in [0.05, 0.1) is 10.5 Å². The van der Waals surface area contributed by atoms with Crippen molar-refractivity contribution in [3.05, 3.63) is 63.7 Å². The van der Waals surface area contributed by atoms with E-state index in [0.717, 1.165) is 11.6 Å². The van der Waals surface area contributed by atoms with Crippen LogP contribution < -0.4 is 10.2 Å². The summed E-state index contributed by atoms with van der Waals surface area (Å²) in [6.07, 6.45) is -1.07. The van der Waals surface area contributed by atoms with Gasteiger partial charge in [-0.25, -0.2) is 4.79 Å². The molecule has 0 aromatic heterocycles. The number of esters is 1. The van der Waals surface area contributed by atoms with Crippen LogP contribution in [-0.4, -0.2) is 37.0 Å². The molecule has 0 saturated heterocycles. The first-order chi connectivity index (χ1) is 13.6. The van der Waals surface area contributed by atoms with Gasteiger partial charge >= 0.3 is 5.97 Å². The summed E-state index contributed by atoms with van der Waals surface area (Å²) < 4.78 is 5.22. The van der Waals surface area contributed by atoms with E-state index in [1.165, 1.54) is 19.1 Å². The normalized spacial score (nSPS) is 11.7. The van der Waals surface area contributed by atoms with Gasteiger partial charge in [-0.2, -0.15) is 0 Å². The Morgan fingerprint density at radius 2 is 1.76 bits per heavy atom. The summed E-state index contributed by atoms with van der Waals surface area (Å²) in [7, 11) is 3.34. The van der Waals surface area contributed by atoms with Crippen molar-refractivity contribution in [1.29, 1.82) is 0 Å². The largest absolute Gasteiger partial charge is 0.449 e. The van der Waals surface area contributed by atoms with Crippen LogP contribution in [-0.2, 0) is 9.53 Å². The number of benzene rings is 2. The number of nitrogens with one attached hydrogen (secondary N) is 1. The van der Waals surface area contributed by atoms with E-state index in [1.54, 1.807) is 25.1 Å². The van der Waals surface area contributed by atoms with Crippen molar-refractivity contribution in [1.82, 2.24) is 0 Å². The average Bonchev–Trinajstić information content (AvgIpc) is 2.67. The highest BCUT2D eigenvalue weighted by molar-refractivity contribution is 5.98. The molecule has 0 bridgehead atoms. The van der Waals surface area contributed by atoms with Crippen molar-refractivity contribution >= 4 is 28.9 Å². The van der Waals surface area contributed by atoms with Gasteiger partial charge in [0.25, 0.3) is 11.6 Å². The van der Waals surface area contributed by atoms with E-state index in [9.17, 15) is 19.7 Å². The van der Waals surface area contributed by atoms with E-state index in [-0.39, 0.29) is 17.2 Å². The molecule has 0 saturated carbocycles. The first-order valence-corrected chi connectivity index (χ1v) is 9.18. The minimum absolute atomic E-state index is 0.00419. The van der Waals surface area contributed by atoms with E-state index in [0.29, 0.717) is 11.4 Å². The van der Waals surface area contributed by atoms with Gasteiger partial charge in [-0.05, 0) is 36.6 Å². The Morgan fingerprint density at radius 3 is 2.34 bits per heavy atom. The fourth-order valence-electron chi connectivity index (χ4n) is 2.81. The molecule has 1 amide bonds. The van der Waals surface area contributed by atoms with Crippen molar-refractivity contribution in [2.24, 2.45) is 0 Å². The molecule has 0 fully saturated rings. The molecule has 2 rings (SSSR count). The second kappa shape index (κ2) is 9.18. The van der Waals surface area contributed by atoms with Crippen molar-refractivity contribution in [2.75, 3.05) is 24.3 Å². The monoisotopic (exact) mass is 399 g/mol. The number of ether oxygens (including phenoxy) is 1. The molecule has 0 spiro atoms. The number of nitrogens with zero attached hydrogens (tertiary/aromatic N) is 2. The molecule has 1 atom stereocenters. The van der Waals surface area contributed by atoms with Crippen LogP contribution in [0.15, 0.2) is 42.5 Å². The highest BCUT2D eigenvalue weighted by Gasteiger charge is 2.23.